The second-order valence-corrected chi connectivity index (χ2v) is 9.39. The molecule has 6 nitrogen and oxygen atoms in total. The number of carbonyl (C=O) groups excluding carboxylic acids is 2. The van der Waals surface area contributed by atoms with Gasteiger partial charge in [0.1, 0.15) is 0 Å². The number of methoxy groups -OCH3 is 1. The lowest BCUT2D eigenvalue weighted by molar-refractivity contribution is -0.134. The van der Waals surface area contributed by atoms with Crippen molar-refractivity contribution in [2.24, 2.45) is 7.05 Å². The third kappa shape index (κ3) is 4.18. The third-order valence-electron chi connectivity index (χ3n) is 7.13. The van der Waals surface area contributed by atoms with Crippen LogP contribution >= 0.6 is 0 Å². The summed E-state index contributed by atoms with van der Waals surface area (Å²) in [6.07, 6.45) is 2.06. The molecule has 3 aromatic carbocycles. The maximum absolute atomic E-state index is 14.3. The van der Waals surface area contributed by atoms with E-state index < -0.39 is 12.0 Å². The molecule has 0 unspecified atom stereocenters. The van der Waals surface area contributed by atoms with Crippen molar-refractivity contribution in [3.8, 4) is 0 Å². The average molecular weight is 482 g/mol. The second-order valence-electron chi connectivity index (χ2n) is 9.39. The molecule has 1 aliphatic rings. The first-order chi connectivity index (χ1) is 17.5. The van der Waals surface area contributed by atoms with E-state index in [-0.39, 0.29) is 11.8 Å². The van der Waals surface area contributed by atoms with Gasteiger partial charge < -0.3 is 19.1 Å². The number of ether oxygens (including phenoxy) is 1. The molecular weight excluding hydrogens is 450 g/mol. The minimum Gasteiger partial charge on any atom is -0.383 e. The van der Waals surface area contributed by atoms with Crippen LogP contribution in [0.25, 0.3) is 10.9 Å². The SMILES string of the molecule is COCCN1C(=O)c2ccccc2[C@H](C(=O)N(C)Cc2ccccc2)[C@H]1c1cn(C)c2ccccc12. The molecule has 6 heteroatoms. The molecule has 0 saturated carbocycles. The van der Waals surface area contributed by atoms with Gasteiger partial charge in [-0.3, -0.25) is 9.59 Å². The maximum atomic E-state index is 14.3. The van der Waals surface area contributed by atoms with Crippen molar-refractivity contribution in [1.29, 1.82) is 0 Å². The zero-order chi connectivity index (χ0) is 25.2. The van der Waals surface area contributed by atoms with E-state index in [1.165, 1.54) is 0 Å². The molecule has 0 aliphatic carbocycles. The van der Waals surface area contributed by atoms with Gasteiger partial charge in [0.25, 0.3) is 5.91 Å². The minimum atomic E-state index is -0.546. The molecule has 5 rings (SSSR count). The maximum Gasteiger partial charge on any atom is 0.254 e. The van der Waals surface area contributed by atoms with E-state index in [2.05, 4.69) is 22.9 Å². The average Bonchev–Trinajstić information content (AvgIpc) is 3.24. The Morgan fingerprint density at radius 3 is 2.42 bits per heavy atom. The van der Waals surface area contributed by atoms with E-state index in [1.807, 2.05) is 85.7 Å². The topological polar surface area (TPSA) is 54.8 Å². The van der Waals surface area contributed by atoms with E-state index in [0.29, 0.717) is 25.3 Å². The van der Waals surface area contributed by atoms with Crippen LogP contribution in [0.4, 0.5) is 0 Å². The van der Waals surface area contributed by atoms with Gasteiger partial charge in [-0.1, -0.05) is 66.7 Å². The lowest BCUT2D eigenvalue weighted by Gasteiger charge is -2.42. The molecule has 0 N–H and O–H groups in total. The second kappa shape index (κ2) is 9.99. The van der Waals surface area contributed by atoms with Gasteiger partial charge in [0, 0.05) is 62.5 Å². The molecule has 0 saturated heterocycles. The Kier molecular flexibility index (Phi) is 6.61. The van der Waals surface area contributed by atoms with E-state index in [9.17, 15) is 9.59 Å². The van der Waals surface area contributed by atoms with Crippen LogP contribution in [0.5, 0.6) is 0 Å². The van der Waals surface area contributed by atoms with Crippen LogP contribution in [0.2, 0.25) is 0 Å². The van der Waals surface area contributed by atoms with E-state index in [4.69, 9.17) is 4.74 Å². The summed E-state index contributed by atoms with van der Waals surface area (Å²) in [5.41, 5.74) is 4.45. The fourth-order valence-electron chi connectivity index (χ4n) is 5.42. The summed E-state index contributed by atoms with van der Waals surface area (Å²) < 4.78 is 7.45. The van der Waals surface area contributed by atoms with E-state index in [1.54, 1.807) is 12.0 Å². The normalized spacial score (nSPS) is 17.3. The number of hydrogen-bond donors (Lipinski definition) is 0. The van der Waals surface area contributed by atoms with Crippen LogP contribution in [-0.2, 0) is 23.1 Å². The number of hydrogen-bond acceptors (Lipinski definition) is 3. The minimum absolute atomic E-state index is 0.0147. The van der Waals surface area contributed by atoms with Gasteiger partial charge in [-0.05, 0) is 23.3 Å². The van der Waals surface area contributed by atoms with Crippen LogP contribution in [0.15, 0.2) is 85.1 Å². The number of rotatable bonds is 7. The molecule has 2 amide bonds. The molecule has 1 aromatic heterocycles. The number of amides is 2. The van der Waals surface area contributed by atoms with Crippen molar-refractivity contribution in [2.45, 2.75) is 18.5 Å². The Labute approximate surface area is 211 Å². The van der Waals surface area contributed by atoms with E-state index >= 15 is 0 Å². The molecule has 2 atom stereocenters. The Morgan fingerprint density at radius 2 is 1.64 bits per heavy atom. The third-order valence-corrected chi connectivity index (χ3v) is 7.13. The van der Waals surface area contributed by atoms with Crippen molar-refractivity contribution in [3.05, 3.63) is 107 Å². The Bertz CT molecular complexity index is 1400. The Hall–Kier alpha value is -3.90. The zero-order valence-electron chi connectivity index (χ0n) is 20.9. The number of para-hydroxylation sites is 1. The van der Waals surface area contributed by atoms with Crippen molar-refractivity contribution in [3.63, 3.8) is 0 Å². The summed E-state index contributed by atoms with van der Waals surface area (Å²) in [6.45, 7) is 1.27. The zero-order valence-corrected chi connectivity index (χ0v) is 20.9. The van der Waals surface area contributed by atoms with Crippen molar-refractivity contribution < 1.29 is 14.3 Å². The summed E-state index contributed by atoms with van der Waals surface area (Å²) in [4.78, 5) is 31.7. The molecule has 0 bridgehead atoms. The van der Waals surface area contributed by atoms with Gasteiger partial charge >= 0.3 is 0 Å². The number of benzene rings is 3. The van der Waals surface area contributed by atoms with Gasteiger partial charge in [0.2, 0.25) is 5.91 Å². The van der Waals surface area contributed by atoms with E-state index in [0.717, 1.165) is 27.6 Å². The molecule has 184 valence electrons. The summed E-state index contributed by atoms with van der Waals surface area (Å²) in [5, 5.41) is 1.04. The summed E-state index contributed by atoms with van der Waals surface area (Å²) >= 11 is 0. The summed E-state index contributed by atoms with van der Waals surface area (Å²) in [6, 6.07) is 25.2. The fraction of sp³-hybridized carbons (Fsp3) is 0.267. The summed E-state index contributed by atoms with van der Waals surface area (Å²) in [7, 11) is 5.47. The van der Waals surface area contributed by atoms with Crippen LogP contribution in [0.3, 0.4) is 0 Å². The molecule has 0 fully saturated rings. The van der Waals surface area contributed by atoms with Crippen molar-refractivity contribution in [2.75, 3.05) is 27.3 Å². The molecule has 1 aliphatic heterocycles. The molecule has 36 heavy (non-hydrogen) atoms. The number of likely N-dealkylation sites (N-methyl/N-ethyl adjacent to an activating group) is 1. The predicted molar refractivity (Wildman–Crippen MR) is 141 cm³/mol. The highest BCUT2D eigenvalue weighted by Crippen LogP contribution is 2.45. The van der Waals surface area contributed by atoms with Crippen LogP contribution in [0, 0.1) is 0 Å². The Morgan fingerprint density at radius 1 is 0.944 bits per heavy atom. The highest BCUT2D eigenvalue weighted by molar-refractivity contribution is 6.02. The van der Waals surface area contributed by atoms with Gasteiger partial charge in [0.15, 0.2) is 0 Å². The Balaban J connectivity index is 1.67. The van der Waals surface area contributed by atoms with Gasteiger partial charge in [-0.2, -0.15) is 0 Å². The smallest absolute Gasteiger partial charge is 0.254 e. The van der Waals surface area contributed by atoms with Crippen LogP contribution in [-0.4, -0.2) is 53.5 Å². The highest BCUT2D eigenvalue weighted by atomic mass is 16.5. The predicted octanol–water partition coefficient (Wildman–Crippen LogP) is 4.76. The number of carbonyl (C=O) groups is 2. The molecule has 4 aromatic rings. The first-order valence-corrected chi connectivity index (χ1v) is 12.2. The first-order valence-electron chi connectivity index (χ1n) is 12.2. The van der Waals surface area contributed by atoms with Crippen molar-refractivity contribution >= 4 is 22.7 Å². The van der Waals surface area contributed by atoms with Gasteiger partial charge in [-0.15, -0.1) is 0 Å². The first kappa shape index (κ1) is 23.8. The van der Waals surface area contributed by atoms with Gasteiger partial charge in [0.05, 0.1) is 18.6 Å². The number of aryl methyl sites for hydroxylation is 1. The number of fused-ring (bicyclic) bond motifs is 2. The number of nitrogens with zero attached hydrogens (tertiary/aromatic N) is 3. The molecular formula is C30H31N3O3. The lowest BCUT2D eigenvalue weighted by atomic mass is 9.78. The lowest BCUT2D eigenvalue weighted by Crippen LogP contribution is -2.48. The molecule has 2 heterocycles. The standard InChI is InChI=1S/C30H31N3O3/c1-31-20-25(22-13-9-10-16-26(22)31)28-27(30(35)32(2)19-21-11-5-4-6-12-21)23-14-7-8-15-24(23)29(34)33(28)17-18-36-3/h4-16,20,27-28H,17-19H2,1-3H3/t27-,28+/m0/s1. The molecule has 0 radical (unpaired) electrons. The monoisotopic (exact) mass is 481 g/mol. The van der Waals surface area contributed by atoms with Gasteiger partial charge in [-0.25, -0.2) is 0 Å². The van der Waals surface area contributed by atoms with Crippen LogP contribution in [0.1, 0.15) is 39.0 Å². The highest BCUT2D eigenvalue weighted by Gasteiger charge is 2.45. The molecule has 0 spiro atoms. The van der Waals surface area contributed by atoms with Crippen LogP contribution < -0.4 is 0 Å². The largest absolute Gasteiger partial charge is 0.383 e. The fourth-order valence-corrected chi connectivity index (χ4v) is 5.42. The summed E-state index contributed by atoms with van der Waals surface area (Å²) in [5.74, 6) is -0.634. The quantitative estimate of drug-likeness (QED) is 0.382. The number of aromatic nitrogens is 1. The van der Waals surface area contributed by atoms with Crippen molar-refractivity contribution in [1.82, 2.24) is 14.4 Å².